The van der Waals surface area contributed by atoms with Crippen molar-refractivity contribution in [3.05, 3.63) is 86.2 Å². The molecular weight excluding hydrogens is 468 g/mol. The Hall–Kier alpha value is -2.54. The molecule has 0 spiro atoms. The molecule has 1 saturated heterocycles. The van der Waals surface area contributed by atoms with Gasteiger partial charge in [0.2, 0.25) is 0 Å². The molecule has 0 aliphatic carbocycles. The summed E-state index contributed by atoms with van der Waals surface area (Å²) in [6, 6.07) is 13.4. The highest BCUT2D eigenvalue weighted by Gasteiger charge is 2.32. The van der Waals surface area contributed by atoms with Crippen molar-refractivity contribution in [1.29, 1.82) is 0 Å². The molecular formula is C24H20Cl2FN3OS. The molecule has 32 heavy (non-hydrogen) atoms. The molecule has 0 unspecified atom stereocenters. The molecule has 8 heteroatoms. The maximum atomic E-state index is 13.2. The highest BCUT2D eigenvalue weighted by Crippen LogP contribution is 2.36. The molecule has 1 aromatic heterocycles. The zero-order valence-corrected chi connectivity index (χ0v) is 20.0. The maximum absolute atomic E-state index is 13.2. The molecule has 4 rings (SSSR count). The van der Waals surface area contributed by atoms with E-state index >= 15 is 0 Å². The highest BCUT2D eigenvalue weighted by molar-refractivity contribution is 8.18. The summed E-state index contributed by atoms with van der Waals surface area (Å²) < 4.78 is 15.2. The van der Waals surface area contributed by atoms with Gasteiger partial charge in [0.25, 0.3) is 5.91 Å². The SMILES string of the molecule is CCN1C(=O)/C(=C\c2cc(C)n(-c3cccc(Cl)c3Cl)c2C)SC1=Nc1ccc(F)cc1. The Balaban J connectivity index is 1.72. The molecule has 0 atom stereocenters. The number of rotatable bonds is 4. The van der Waals surface area contributed by atoms with E-state index in [-0.39, 0.29) is 11.7 Å². The number of carbonyl (C=O) groups excluding carboxylic acids is 1. The lowest BCUT2D eigenvalue weighted by molar-refractivity contribution is -0.122. The zero-order valence-electron chi connectivity index (χ0n) is 17.7. The van der Waals surface area contributed by atoms with Crippen LogP contribution in [-0.2, 0) is 4.79 Å². The third-order valence-corrected chi connectivity index (χ3v) is 7.00. The first-order valence-corrected chi connectivity index (χ1v) is 11.6. The highest BCUT2D eigenvalue weighted by atomic mass is 35.5. The molecule has 1 aliphatic heterocycles. The van der Waals surface area contributed by atoms with Gasteiger partial charge < -0.3 is 4.57 Å². The van der Waals surface area contributed by atoms with Crippen molar-refractivity contribution in [2.75, 3.05) is 6.54 Å². The van der Waals surface area contributed by atoms with Gasteiger partial charge in [0.05, 0.1) is 26.3 Å². The Morgan fingerprint density at radius 1 is 1.12 bits per heavy atom. The Kier molecular flexibility index (Phi) is 6.47. The van der Waals surface area contributed by atoms with E-state index in [2.05, 4.69) is 4.99 Å². The number of aromatic nitrogens is 1. The minimum atomic E-state index is -0.327. The summed E-state index contributed by atoms with van der Waals surface area (Å²) in [5.74, 6) is -0.434. The van der Waals surface area contributed by atoms with Crippen LogP contribution in [0.25, 0.3) is 11.8 Å². The number of carbonyl (C=O) groups is 1. The van der Waals surface area contributed by atoms with E-state index < -0.39 is 0 Å². The van der Waals surface area contributed by atoms with Gasteiger partial charge >= 0.3 is 0 Å². The van der Waals surface area contributed by atoms with Gasteiger partial charge in [-0.1, -0.05) is 29.3 Å². The van der Waals surface area contributed by atoms with Crippen LogP contribution in [0.2, 0.25) is 10.0 Å². The third kappa shape index (κ3) is 4.22. The number of hydrogen-bond donors (Lipinski definition) is 0. The predicted molar refractivity (Wildman–Crippen MR) is 132 cm³/mol. The van der Waals surface area contributed by atoms with Gasteiger partial charge in [0.1, 0.15) is 5.82 Å². The molecule has 2 heterocycles. The standard InChI is InChI=1S/C24H20Cl2FN3OS/c1-4-29-23(31)21(32-24(29)28-18-10-8-17(27)9-11-18)13-16-12-14(2)30(15(16)3)20-7-5-6-19(25)22(20)26/h5-13H,4H2,1-3H3/b21-13+,28-24?. The molecule has 0 bridgehead atoms. The molecule has 0 saturated carbocycles. The van der Waals surface area contributed by atoms with Crippen molar-refractivity contribution >= 4 is 57.8 Å². The lowest BCUT2D eigenvalue weighted by atomic mass is 10.2. The lowest BCUT2D eigenvalue weighted by Crippen LogP contribution is -2.28. The summed E-state index contributed by atoms with van der Waals surface area (Å²) in [5.41, 5.74) is 4.21. The van der Waals surface area contributed by atoms with Crippen molar-refractivity contribution in [2.24, 2.45) is 4.99 Å². The Labute approximate surface area is 200 Å². The van der Waals surface area contributed by atoms with E-state index in [0.717, 1.165) is 22.6 Å². The molecule has 0 N–H and O–H groups in total. The summed E-state index contributed by atoms with van der Waals surface area (Å²) in [6.45, 7) is 6.34. The number of halogens is 3. The van der Waals surface area contributed by atoms with Crippen molar-refractivity contribution in [3.8, 4) is 5.69 Å². The lowest BCUT2D eigenvalue weighted by Gasteiger charge is -2.12. The molecule has 3 aromatic rings. The zero-order chi connectivity index (χ0) is 23.0. The van der Waals surface area contributed by atoms with Crippen LogP contribution in [0.4, 0.5) is 10.1 Å². The topological polar surface area (TPSA) is 37.6 Å². The second kappa shape index (κ2) is 9.14. The van der Waals surface area contributed by atoms with Gasteiger partial charge in [0, 0.05) is 17.9 Å². The number of hydrogen-bond acceptors (Lipinski definition) is 3. The van der Waals surface area contributed by atoms with E-state index in [1.165, 1.54) is 23.9 Å². The fourth-order valence-corrected chi connectivity index (χ4v) is 5.04. The molecule has 1 amide bonds. The van der Waals surface area contributed by atoms with Gasteiger partial charge in [-0.25, -0.2) is 9.38 Å². The first-order valence-electron chi connectivity index (χ1n) is 9.99. The Morgan fingerprint density at radius 3 is 2.53 bits per heavy atom. The fraction of sp³-hybridized carbons (Fsp3) is 0.167. The van der Waals surface area contributed by atoms with Crippen LogP contribution in [0.5, 0.6) is 0 Å². The van der Waals surface area contributed by atoms with E-state index in [1.807, 2.05) is 49.6 Å². The average molecular weight is 488 g/mol. The number of amidine groups is 1. The largest absolute Gasteiger partial charge is 0.316 e. The summed E-state index contributed by atoms with van der Waals surface area (Å²) in [4.78, 5) is 19.8. The van der Waals surface area contributed by atoms with Crippen molar-refractivity contribution in [3.63, 3.8) is 0 Å². The minimum Gasteiger partial charge on any atom is -0.316 e. The van der Waals surface area contributed by atoms with Crippen molar-refractivity contribution in [2.45, 2.75) is 20.8 Å². The van der Waals surface area contributed by atoms with Crippen LogP contribution in [-0.4, -0.2) is 27.1 Å². The van der Waals surface area contributed by atoms with Gasteiger partial charge in [-0.15, -0.1) is 0 Å². The monoisotopic (exact) mass is 487 g/mol. The number of thioether (sulfide) groups is 1. The van der Waals surface area contributed by atoms with E-state index in [4.69, 9.17) is 23.2 Å². The van der Waals surface area contributed by atoms with Crippen LogP contribution in [0.1, 0.15) is 23.9 Å². The van der Waals surface area contributed by atoms with Gasteiger partial charge in [-0.2, -0.15) is 0 Å². The van der Waals surface area contributed by atoms with Crippen molar-refractivity contribution < 1.29 is 9.18 Å². The number of likely N-dealkylation sites (N-methyl/N-ethyl adjacent to an activating group) is 1. The quantitative estimate of drug-likeness (QED) is 0.366. The molecule has 2 aromatic carbocycles. The summed E-state index contributed by atoms with van der Waals surface area (Å²) in [7, 11) is 0. The molecule has 4 nitrogen and oxygen atoms in total. The van der Waals surface area contributed by atoms with Crippen LogP contribution in [0, 0.1) is 19.7 Å². The first-order chi connectivity index (χ1) is 15.3. The number of amides is 1. The number of aryl methyl sites for hydroxylation is 1. The number of nitrogens with zero attached hydrogens (tertiary/aromatic N) is 3. The van der Waals surface area contributed by atoms with Gasteiger partial charge in [-0.05, 0) is 86.6 Å². The molecule has 1 aliphatic rings. The normalized spacial score (nSPS) is 16.6. The fourth-order valence-electron chi connectivity index (χ4n) is 3.61. The maximum Gasteiger partial charge on any atom is 0.266 e. The predicted octanol–water partition coefficient (Wildman–Crippen LogP) is 7.16. The van der Waals surface area contributed by atoms with E-state index in [9.17, 15) is 9.18 Å². The van der Waals surface area contributed by atoms with E-state index in [0.29, 0.717) is 32.4 Å². The smallest absolute Gasteiger partial charge is 0.266 e. The molecule has 0 radical (unpaired) electrons. The summed E-state index contributed by atoms with van der Waals surface area (Å²) in [6.07, 6.45) is 1.88. The second-order valence-corrected chi connectivity index (χ2v) is 9.06. The molecule has 164 valence electrons. The second-order valence-electron chi connectivity index (χ2n) is 7.27. The van der Waals surface area contributed by atoms with Crippen LogP contribution >= 0.6 is 35.0 Å². The number of benzene rings is 2. The first kappa shape index (κ1) is 22.6. The minimum absolute atomic E-state index is 0.107. The van der Waals surface area contributed by atoms with Gasteiger partial charge in [-0.3, -0.25) is 9.69 Å². The third-order valence-electron chi connectivity index (χ3n) is 5.18. The summed E-state index contributed by atoms with van der Waals surface area (Å²) in [5, 5.41) is 1.53. The van der Waals surface area contributed by atoms with Crippen molar-refractivity contribution in [1.82, 2.24) is 9.47 Å². The van der Waals surface area contributed by atoms with Crippen LogP contribution in [0.3, 0.4) is 0 Å². The Morgan fingerprint density at radius 2 is 1.84 bits per heavy atom. The summed E-state index contributed by atoms with van der Waals surface area (Å²) >= 11 is 14.0. The van der Waals surface area contributed by atoms with E-state index in [1.54, 1.807) is 23.1 Å². The van der Waals surface area contributed by atoms with Gasteiger partial charge in [0.15, 0.2) is 5.17 Å². The molecule has 1 fully saturated rings. The average Bonchev–Trinajstić information content (AvgIpc) is 3.21. The van der Waals surface area contributed by atoms with Crippen LogP contribution < -0.4 is 0 Å². The van der Waals surface area contributed by atoms with Crippen LogP contribution in [0.15, 0.2) is 58.4 Å². The Bertz CT molecular complexity index is 1260. The number of aliphatic imine (C=N–C) groups is 1.